The molecule has 0 saturated heterocycles. The summed E-state index contributed by atoms with van der Waals surface area (Å²) in [7, 11) is 0. The molecular weight excluding hydrogens is 454 g/mol. The lowest BCUT2D eigenvalue weighted by atomic mass is 9.96. The number of benzene rings is 2. The third-order valence-corrected chi connectivity index (χ3v) is 5.70. The minimum atomic E-state index is -0.820. The Balaban J connectivity index is 2.33. The Morgan fingerprint density at radius 3 is 2.28 bits per heavy atom. The van der Waals surface area contributed by atoms with E-state index >= 15 is 0 Å². The zero-order valence-electron chi connectivity index (χ0n) is 22.5. The standard InChI is InChI=1S/C29H41N3O4/c1-7-8-12-17-32(25(33)20-31-28(35)36-29(4,5)6)26(24-16-15-21(2)18-22(24)3)27(34)30-19-23-13-10-9-11-14-23/h9-11,13-16,18,26H,7-8,12,17,19-20H2,1-6H3,(H,30,34)(H,31,35). The van der Waals surface area contributed by atoms with E-state index in [-0.39, 0.29) is 18.4 Å². The van der Waals surface area contributed by atoms with Gasteiger partial charge >= 0.3 is 6.09 Å². The lowest BCUT2D eigenvalue weighted by Crippen LogP contribution is -2.48. The van der Waals surface area contributed by atoms with Crippen molar-refractivity contribution < 1.29 is 19.1 Å². The van der Waals surface area contributed by atoms with Crippen molar-refractivity contribution in [2.45, 2.75) is 79.0 Å². The van der Waals surface area contributed by atoms with Crippen LogP contribution >= 0.6 is 0 Å². The first-order chi connectivity index (χ1) is 17.0. The van der Waals surface area contributed by atoms with Gasteiger partial charge in [0.2, 0.25) is 11.8 Å². The van der Waals surface area contributed by atoms with Crippen LogP contribution in [0.15, 0.2) is 48.5 Å². The van der Waals surface area contributed by atoms with Gasteiger partial charge in [0.05, 0.1) is 0 Å². The number of ether oxygens (including phenoxy) is 1. The zero-order valence-corrected chi connectivity index (χ0v) is 22.5. The molecular formula is C29H41N3O4. The fraction of sp³-hybridized carbons (Fsp3) is 0.483. The second-order valence-electron chi connectivity index (χ2n) is 10.1. The van der Waals surface area contributed by atoms with Gasteiger partial charge in [0.1, 0.15) is 18.2 Å². The molecule has 0 aliphatic heterocycles. The first-order valence-electron chi connectivity index (χ1n) is 12.7. The smallest absolute Gasteiger partial charge is 0.408 e. The van der Waals surface area contributed by atoms with Crippen molar-refractivity contribution in [2.24, 2.45) is 0 Å². The van der Waals surface area contributed by atoms with E-state index in [1.165, 1.54) is 0 Å². The van der Waals surface area contributed by atoms with Gasteiger partial charge in [0.25, 0.3) is 0 Å². The molecule has 1 unspecified atom stereocenters. The van der Waals surface area contributed by atoms with Gasteiger partial charge in [0, 0.05) is 13.1 Å². The summed E-state index contributed by atoms with van der Waals surface area (Å²) in [5.41, 5.74) is 3.08. The molecule has 2 rings (SSSR count). The maximum absolute atomic E-state index is 13.6. The van der Waals surface area contributed by atoms with Crippen LogP contribution in [0.5, 0.6) is 0 Å². The Kier molecular flexibility index (Phi) is 11.0. The van der Waals surface area contributed by atoms with Gasteiger partial charge in [-0.3, -0.25) is 9.59 Å². The monoisotopic (exact) mass is 495 g/mol. The number of alkyl carbamates (subject to hydrolysis) is 1. The van der Waals surface area contributed by atoms with E-state index in [1.54, 1.807) is 25.7 Å². The quantitative estimate of drug-likeness (QED) is 0.419. The van der Waals surface area contributed by atoms with Gasteiger partial charge in [-0.15, -0.1) is 0 Å². The van der Waals surface area contributed by atoms with Gasteiger partial charge in [-0.2, -0.15) is 0 Å². The van der Waals surface area contributed by atoms with Crippen molar-refractivity contribution in [3.8, 4) is 0 Å². The van der Waals surface area contributed by atoms with E-state index in [0.717, 1.165) is 41.5 Å². The first kappa shape index (κ1) is 28.9. The van der Waals surface area contributed by atoms with E-state index in [1.807, 2.05) is 62.4 Å². The molecule has 3 amide bonds. The Hall–Kier alpha value is -3.35. The van der Waals surface area contributed by atoms with Crippen LogP contribution in [-0.4, -0.2) is 41.5 Å². The molecule has 2 N–H and O–H groups in total. The van der Waals surface area contributed by atoms with Gasteiger partial charge < -0.3 is 20.3 Å². The highest BCUT2D eigenvalue weighted by Crippen LogP contribution is 2.26. The third kappa shape index (κ3) is 9.36. The van der Waals surface area contributed by atoms with E-state index < -0.39 is 17.7 Å². The van der Waals surface area contributed by atoms with Gasteiger partial charge in [-0.05, 0) is 57.7 Å². The SMILES string of the molecule is CCCCCN(C(=O)CNC(=O)OC(C)(C)C)C(C(=O)NCc1ccccc1)c1ccc(C)cc1C. The number of hydrogen-bond acceptors (Lipinski definition) is 4. The van der Waals surface area contributed by atoms with Crippen molar-refractivity contribution in [2.75, 3.05) is 13.1 Å². The van der Waals surface area contributed by atoms with Crippen LogP contribution in [0.3, 0.4) is 0 Å². The van der Waals surface area contributed by atoms with Crippen LogP contribution in [0, 0.1) is 13.8 Å². The minimum absolute atomic E-state index is 0.256. The maximum atomic E-state index is 13.6. The zero-order chi connectivity index (χ0) is 26.7. The molecule has 2 aromatic rings. The number of carbonyl (C=O) groups is 3. The van der Waals surface area contributed by atoms with Crippen molar-refractivity contribution in [1.82, 2.24) is 15.5 Å². The predicted molar refractivity (Wildman–Crippen MR) is 142 cm³/mol. The molecule has 36 heavy (non-hydrogen) atoms. The number of aryl methyl sites for hydroxylation is 2. The average molecular weight is 496 g/mol. The topological polar surface area (TPSA) is 87.7 Å². The number of unbranched alkanes of at least 4 members (excludes halogenated alkanes) is 2. The van der Waals surface area contributed by atoms with Gasteiger partial charge in [-0.25, -0.2) is 4.79 Å². The van der Waals surface area contributed by atoms with Crippen LogP contribution in [-0.2, 0) is 20.9 Å². The summed E-state index contributed by atoms with van der Waals surface area (Å²) in [5.74, 6) is -0.593. The normalized spacial score (nSPS) is 11.9. The van der Waals surface area contributed by atoms with E-state index in [4.69, 9.17) is 4.74 Å². The lowest BCUT2D eigenvalue weighted by molar-refractivity contribution is -0.140. The Bertz CT molecular complexity index is 1010. The molecule has 0 bridgehead atoms. The van der Waals surface area contributed by atoms with Crippen LogP contribution in [0.2, 0.25) is 0 Å². The molecule has 0 aliphatic rings. The Morgan fingerprint density at radius 2 is 1.67 bits per heavy atom. The van der Waals surface area contributed by atoms with Crippen molar-refractivity contribution in [3.63, 3.8) is 0 Å². The molecule has 0 radical (unpaired) electrons. The minimum Gasteiger partial charge on any atom is -0.444 e. The second kappa shape index (κ2) is 13.7. The molecule has 0 spiro atoms. The number of rotatable bonds is 11. The van der Waals surface area contributed by atoms with E-state index in [9.17, 15) is 14.4 Å². The average Bonchev–Trinajstić information content (AvgIpc) is 2.81. The Morgan fingerprint density at radius 1 is 0.972 bits per heavy atom. The van der Waals surface area contributed by atoms with Crippen molar-refractivity contribution >= 4 is 17.9 Å². The number of carbonyl (C=O) groups excluding carboxylic acids is 3. The molecule has 0 saturated carbocycles. The predicted octanol–water partition coefficient (Wildman–Crippen LogP) is 5.20. The van der Waals surface area contributed by atoms with Crippen LogP contribution < -0.4 is 10.6 Å². The number of hydrogen-bond donors (Lipinski definition) is 2. The molecule has 196 valence electrons. The van der Waals surface area contributed by atoms with E-state index in [0.29, 0.717) is 13.1 Å². The summed E-state index contributed by atoms with van der Waals surface area (Å²) in [4.78, 5) is 40.9. The number of amides is 3. The van der Waals surface area contributed by atoms with Crippen LogP contribution in [0.25, 0.3) is 0 Å². The molecule has 7 nitrogen and oxygen atoms in total. The van der Waals surface area contributed by atoms with Gasteiger partial charge in [0.15, 0.2) is 0 Å². The summed E-state index contributed by atoms with van der Waals surface area (Å²) in [6.45, 7) is 11.8. The molecule has 0 aliphatic carbocycles. The highest BCUT2D eigenvalue weighted by Gasteiger charge is 2.32. The highest BCUT2D eigenvalue weighted by molar-refractivity contribution is 5.90. The fourth-order valence-corrected chi connectivity index (χ4v) is 3.96. The molecule has 0 aromatic heterocycles. The molecule has 0 heterocycles. The van der Waals surface area contributed by atoms with Crippen molar-refractivity contribution in [3.05, 3.63) is 70.8 Å². The molecule has 0 fully saturated rings. The van der Waals surface area contributed by atoms with Crippen LogP contribution in [0.4, 0.5) is 4.79 Å². The maximum Gasteiger partial charge on any atom is 0.408 e. The summed E-state index contributed by atoms with van der Waals surface area (Å²) in [6, 6.07) is 14.7. The first-order valence-corrected chi connectivity index (χ1v) is 12.7. The second-order valence-corrected chi connectivity index (χ2v) is 10.1. The molecule has 2 aromatic carbocycles. The number of nitrogens with zero attached hydrogens (tertiary/aromatic N) is 1. The van der Waals surface area contributed by atoms with Gasteiger partial charge in [-0.1, -0.05) is 73.9 Å². The molecule has 1 atom stereocenters. The summed E-state index contributed by atoms with van der Waals surface area (Å²) in [5, 5.41) is 5.57. The van der Waals surface area contributed by atoms with Crippen LogP contribution in [0.1, 0.15) is 75.3 Å². The summed E-state index contributed by atoms with van der Waals surface area (Å²) in [6.07, 6.45) is 1.99. The largest absolute Gasteiger partial charge is 0.444 e. The summed E-state index contributed by atoms with van der Waals surface area (Å²) < 4.78 is 5.28. The lowest BCUT2D eigenvalue weighted by Gasteiger charge is -2.32. The highest BCUT2D eigenvalue weighted by atomic mass is 16.6. The molecule has 7 heteroatoms. The number of nitrogens with one attached hydrogen (secondary N) is 2. The van der Waals surface area contributed by atoms with Crippen molar-refractivity contribution in [1.29, 1.82) is 0 Å². The fourth-order valence-electron chi connectivity index (χ4n) is 3.96. The van der Waals surface area contributed by atoms with E-state index in [2.05, 4.69) is 17.6 Å². The Labute approximate surface area is 215 Å². The summed E-state index contributed by atoms with van der Waals surface area (Å²) >= 11 is 0. The third-order valence-electron chi connectivity index (χ3n) is 5.70.